The van der Waals surface area contributed by atoms with Crippen LogP contribution < -0.4 is 10.6 Å². The molecule has 3 aromatic rings. The lowest BCUT2D eigenvalue weighted by Gasteiger charge is -2.09. The molecule has 0 aliphatic rings. The van der Waals surface area contributed by atoms with Crippen LogP contribution in [0.1, 0.15) is 17.4 Å². The molecule has 6 heteroatoms. The maximum absolute atomic E-state index is 12.2. The zero-order chi connectivity index (χ0) is 14.7. The molecule has 106 valence electrons. The lowest BCUT2D eigenvalue weighted by atomic mass is 10.1. The van der Waals surface area contributed by atoms with Crippen LogP contribution in [-0.4, -0.2) is 22.6 Å². The molecule has 0 spiro atoms. The topological polar surface area (TPSA) is 80.0 Å². The van der Waals surface area contributed by atoms with E-state index in [1.54, 1.807) is 12.1 Å². The molecule has 2 aromatic heterocycles. The first-order chi connectivity index (χ1) is 10.3. The summed E-state index contributed by atoms with van der Waals surface area (Å²) in [6, 6.07) is 11.1. The van der Waals surface area contributed by atoms with E-state index in [2.05, 4.69) is 25.3 Å². The average Bonchev–Trinajstić information content (AvgIpc) is 3.00. The minimum Gasteiger partial charge on any atom is -0.370 e. The Labute approximate surface area is 121 Å². The fourth-order valence-corrected chi connectivity index (χ4v) is 2.07. The van der Waals surface area contributed by atoms with Crippen molar-refractivity contribution in [1.82, 2.24) is 10.1 Å². The molecule has 0 saturated carbocycles. The second-order valence-corrected chi connectivity index (χ2v) is 4.45. The highest BCUT2D eigenvalue weighted by atomic mass is 16.5. The van der Waals surface area contributed by atoms with Gasteiger partial charge in [-0.3, -0.25) is 4.79 Å². The number of carbonyl (C=O) groups excluding carboxylic acids is 1. The molecule has 0 unspecified atom stereocenters. The van der Waals surface area contributed by atoms with Gasteiger partial charge in [0.2, 0.25) is 0 Å². The van der Waals surface area contributed by atoms with Gasteiger partial charge in [0.25, 0.3) is 5.91 Å². The maximum Gasteiger partial charge on any atom is 0.275 e. The average molecular weight is 282 g/mol. The summed E-state index contributed by atoms with van der Waals surface area (Å²) < 4.78 is 4.69. The van der Waals surface area contributed by atoms with Gasteiger partial charge >= 0.3 is 0 Å². The molecule has 21 heavy (non-hydrogen) atoms. The number of hydrogen-bond donors (Lipinski definition) is 2. The van der Waals surface area contributed by atoms with Crippen LogP contribution in [0, 0.1) is 0 Å². The lowest BCUT2D eigenvalue weighted by Crippen LogP contribution is -2.15. The summed E-state index contributed by atoms with van der Waals surface area (Å²) in [6.45, 7) is 2.71. The number of anilines is 2. The van der Waals surface area contributed by atoms with Crippen molar-refractivity contribution in [2.24, 2.45) is 0 Å². The fourth-order valence-electron chi connectivity index (χ4n) is 2.07. The number of hydrogen-bond acceptors (Lipinski definition) is 5. The van der Waals surface area contributed by atoms with E-state index in [4.69, 9.17) is 0 Å². The fraction of sp³-hybridized carbons (Fsp3) is 0.133. The molecule has 2 heterocycles. The Kier molecular flexibility index (Phi) is 3.51. The number of aromatic nitrogens is 2. The summed E-state index contributed by atoms with van der Waals surface area (Å²) in [4.78, 5) is 16.6. The van der Waals surface area contributed by atoms with Gasteiger partial charge in [0, 0.05) is 18.0 Å². The molecule has 0 bridgehead atoms. The van der Waals surface area contributed by atoms with Gasteiger partial charge in [0.05, 0.1) is 0 Å². The number of benzene rings is 1. The molecular weight excluding hydrogens is 268 g/mol. The summed E-state index contributed by atoms with van der Waals surface area (Å²) in [5.41, 5.74) is 0.327. The summed E-state index contributed by atoms with van der Waals surface area (Å²) in [5.74, 6) is 0.731. The second-order valence-electron chi connectivity index (χ2n) is 4.45. The van der Waals surface area contributed by atoms with Crippen molar-refractivity contribution >= 4 is 28.3 Å². The molecule has 0 fully saturated rings. The predicted molar refractivity (Wildman–Crippen MR) is 80.4 cm³/mol. The van der Waals surface area contributed by atoms with Crippen LogP contribution in [0.2, 0.25) is 0 Å². The third-order valence-electron chi connectivity index (χ3n) is 3.00. The minimum atomic E-state index is -0.325. The van der Waals surface area contributed by atoms with Gasteiger partial charge < -0.3 is 15.2 Å². The van der Waals surface area contributed by atoms with Gasteiger partial charge in [-0.05, 0) is 18.4 Å². The van der Waals surface area contributed by atoms with Crippen LogP contribution in [0.15, 0.2) is 47.2 Å². The largest absolute Gasteiger partial charge is 0.370 e. The second kappa shape index (κ2) is 5.62. The standard InChI is InChI=1S/C15H14N4O2/c1-2-16-14-11-6-4-3-5-10(11)9-12(17-14)15(20)18-13-7-8-21-19-13/h3-9H,2H2,1H3,(H,16,17)(H,18,19,20). The number of nitrogens with zero attached hydrogens (tertiary/aromatic N) is 2. The van der Waals surface area contributed by atoms with Gasteiger partial charge in [-0.25, -0.2) is 4.98 Å². The third-order valence-corrected chi connectivity index (χ3v) is 3.00. The summed E-state index contributed by atoms with van der Waals surface area (Å²) >= 11 is 0. The molecule has 6 nitrogen and oxygen atoms in total. The van der Waals surface area contributed by atoms with E-state index in [0.29, 0.717) is 17.3 Å². The Balaban J connectivity index is 2.00. The molecule has 0 atom stereocenters. The van der Waals surface area contributed by atoms with Crippen molar-refractivity contribution < 1.29 is 9.32 Å². The highest BCUT2D eigenvalue weighted by Crippen LogP contribution is 2.22. The van der Waals surface area contributed by atoms with E-state index in [0.717, 1.165) is 17.3 Å². The van der Waals surface area contributed by atoms with Crippen molar-refractivity contribution in [3.8, 4) is 0 Å². The van der Waals surface area contributed by atoms with E-state index < -0.39 is 0 Å². The Morgan fingerprint density at radius 1 is 1.29 bits per heavy atom. The number of amides is 1. The van der Waals surface area contributed by atoms with Gasteiger partial charge in [0.15, 0.2) is 5.82 Å². The van der Waals surface area contributed by atoms with Gasteiger partial charge in [-0.2, -0.15) is 0 Å². The Bertz CT molecular complexity index is 768. The van der Waals surface area contributed by atoms with E-state index in [9.17, 15) is 4.79 Å². The molecule has 0 aliphatic carbocycles. The molecule has 0 aliphatic heterocycles. The van der Waals surface area contributed by atoms with E-state index >= 15 is 0 Å². The van der Waals surface area contributed by atoms with Crippen LogP contribution in [0.5, 0.6) is 0 Å². The smallest absolute Gasteiger partial charge is 0.275 e. The van der Waals surface area contributed by atoms with Crippen molar-refractivity contribution in [3.63, 3.8) is 0 Å². The molecular formula is C15H14N4O2. The SMILES string of the molecule is CCNc1nc(C(=O)Nc2ccon2)cc2ccccc12. The Hall–Kier alpha value is -2.89. The third kappa shape index (κ3) is 2.69. The summed E-state index contributed by atoms with van der Waals surface area (Å²) in [7, 11) is 0. The first-order valence-corrected chi connectivity index (χ1v) is 6.63. The van der Waals surface area contributed by atoms with Crippen LogP contribution in [0.4, 0.5) is 11.6 Å². The van der Waals surface area contributed by atoms with Gasteiger partial charge in [-0.15, -0.1) is 0 Å². The number of carbonyl (C=O) groups is 1. The first kappa shape index (κ1) is 13.1. The van der Waals surface area contributed by atoms with Crippen molar-refractivity contribution in [2.75, 3.05) is 17.2 Å². The van der Waals surface area contributed by atoms with Gasteiger partial charge in [0.1, 0.15) is 17.8 Å². The minimum absolute atomic E-state index is 0.325. The summed E-state index contributed by atoms with van der Waals surface area (Å²) in [5, 5.41) is 11.4. The zero-order valence-corrected chi connectivity index (χ0v) is 11.5. The summed E-state index contributed by atoms with van der Waals surface area (Å²) in [6.07, 6.45) is 1.40. The highest BCUT2D eigenvalue weighted by Gasteiger charge is 2.13. The van der Waals surface area contributed by atoms with Crippen LogP contribution in [0.3, 0.4) is 0 Å². The van der Waals surface area contributed by atoms with Crippen LogP contribution in [-0.2, 0) is 0 Å². The van der Waals surface area contributed by atoms with Crippen molar-refractivity contribution in [1.29, 1.82) is 0 Å². The van der Waals surface area contributed by atoms with E-state index in [1.165, 1.54) is 6.26 Å². The normalized spacial score (nSPS) is 10.5. The maximum atomic E-state index is 12.2. The Morgan fingerprint density at radius 3 is 2.90 bits per heavy atom. The highest BCUT2D eigenvalue weighted by molar-refractivity contribution is 6.06. The number of nitrogens with one attached hydrogen (secondary N) is 2. The molecule has 1 aromatic carbocycles. The quantitative estimate of drug-likeness (QED) is 0.769. The molecule has 1 amide bonds. The molecule has 0 radical (unpaired) electrons. The van der Waals surface area contributed by atoms with E-state index in [-0.39, 0.29) is 5.91 Å². The van der Waals surface area contributed by atoms with Crippen molar-refractivity contribution in [3.05, 3.63) is 48.4 Å². The first-order valence-electron chi connectivity index (χ1n) is 6.63. The van der Waals surface area contributed by atoms with Crippen molar-refractivity contribution in [2.45, 2.75) is 6.92 Å². The van der Waals surface area contributed by atoms with Crippen LogP contribution >= 0.6 is 0 Å². The van der Waals surface area contributed by atoms with E-state index in [1.807, 2.05) is 31.2 Å². The monoisotopic (exact) mass is 282 g/mol. The number of rotatable bonds is 4. The molecule has 2 N–H and O–H groups in total. The number of pyridine rings is 1. The molecule has 0 saturated heterocycles. The Morgan fingerprint density at radius 2 is 2.14 bits per heavy atom. The number of fused-ring (bicyclic) bond motifs is 1. The lowest BCUT2D eigenvalue weighted by molar-refractivity contribution is 0.102. The predicted octanol–water partition coefficient (Wildman–Crippen LogP) is 2.91. The van der Waals surface area contributed by atoms with Crippen LogP contribution in [0.25, 0.3) is 10.8 Å². The zero-order valence-electron chi connectivity index (χ0n) is 11.5. The van der Waals surface area contributed by atoms with Gasteiger partial charge in [-0.1, -0.05) is 29.4 Å². The molecule has 3 rings (SSSR count).